The van der Waals surface area contributed by atoms with E-state index in [1.165, 1.54) is 6.07 Å². The van der Waals surface area contributed by atoms with E-state index in [0.717, 1.165) is 0 Å². The second-order valence-corrected chi connectivity index (χ2v) is 4.63. The Balaban J connectivity index is 2.32. The van der Waals surface area contributed by atoms with Gasteiger partial charge in [-0.3, -0.25) is 0 Å². The molecule has 1 aromatic carbocycles. The molecule has 2 aromatic rings. The minimum absolute atomic E-state index is 0.0329. The maximum Gasteiger partial charge on any atom is 0.330 e. The summed E-state index contributed by atoms with van der Waals surface area (Å²) in [6.07, 6.45) is -0.0966. The Morgan fingerprint density at radius 2 is 1.86 bits per heavy atom. The summed E-state index contributed by atoms with van der Waals surface area (Å²) in [5.74, 6) is -0.113. The summed E-state index contributed by atoms with van der Waals surface area (Å²) >= 11 is 0. The molecule has 0 radical (unpaired) electrons. The lowest BCUT2D eigenvalue weighted by Crippen LogP contribution is -2.11. The van der Waals surface area contributed by atoms with E-state index in [1.807, 2.05) is 13.8 Å². The van der Waals surface area contributed by atoms with Crippen molar-refractivity contribution in [3.05, 3.63) is 29.6 Å². The molecule has 0 saturated heterocycles. The minimum atomic E-state index is -0.449. The summed E-state index contributed by atoms with van der Waals surface area (Å²) in [7, 11) is 1.66. The summed E-state index contributed by atoms with van der Waals surface area (Å²) in [4.78, 5) is 12.1. The highest BCUT2D eigenvalue weighted by molar-refractivity contribution is 5.33. The average Bonchev–Trinajstić information content (AvgIpc) is 2.43. The molecule has 0 aliphatic heterocycles. The second kappa shape index (κ2) is 6.34. The predicted molar refractivity (Wildman–Crippen MR) is 76.3 cm³/mol. The summed E-state index contributed by atoms with van der Waals surface area (Å²) in [5.41, 5.74) is 0.481. The Kier molecular flexibility index (Phi) is 4.52. The largest absolute Gasteiger partial charge is 0.461 e. The van der Waals surface area contributed by atoms with Crippen molar-refractivity contribution in [2.45, 2.75) is 26.9 Å². The quantitative estimate of drug-likeness (QED) is 0.913. The van der Waals surface area contributed by atoms with E-state index in [-0.39, 0.29) is 29.8 Å². The topological polar surface area (TPSA) is 69.2 Å². The van der Waals surface area contributed by atoms with Gasteiger partial charge in [-0.25, -0.2) is 4.39 Å². The van der Waals surface area contributed by atoms with Gasteiger partial charge in [0, 0.05) is 7.05 Å². The molecule has 7 heteroatoms. The van der Waals surface area contributed by atoms with E-state index >= 15 is 0 Å². The Bertz CT molecular complexity index is 634. The van der Waals surface area contributed by atoms with Crippen LogP contribution in [0.2, 0.25) is 0 Å². The molecule has 21 heavy (non-hydrogen) atoms. The van der Waals surface area contributed by atoms with Crippen LogP contribution in [0.25, 0.3) is 0 Å². The van der Waals surface area contributed by atoms with Crippen LogP contribution in [-0.2, 0) is 0 Å². The molecule has 1 heterocycles. The molecule has 0 fully saturated rings. The molecular weight excluding hydrogens is 275 g/mol. The zero-order chi connectivity index (χ0) is 15.4. The van der Waals surface area contributed by atoms with Crippen LogP contribution >= 0.6 is 0 Å². The Morgan fingerprint density at radius 1 is 1.14 bits per heavy atom. The number of benzene rings is 1. The highest BCUT2D eigenvalue weighted by Crippen LogP contribution is 2.25. The zero-order valence-electron chi connectivity index (χ0n) is 12.3. The fourth-order valence-corrected chi connectivity index (χ4v) is 1.56. The molecule has 0 bridgehead atoms. The van der Waals surface area contributed by atoms with Crippen LogP contribution < -0.4 is 14.8 Å². The third kappa shape index (κ3) is 3.77. The molecule has 112 valence electrons. The summed E-state index contributed by atoms with van der Waals surface area (Å²) in [6.45, 7) is 5.36. The van der Waals surface area contributed by atoms with Gasteiger partial charge >= 0.3 is 12.0 Å². The van der Waals surface area contributed by atoms with Crippen molar-refractivity contribution in [3.63, 3.8) is 0 Å². The van der Waals surface area contributed by atoms with Gasteiger partial charge in [-0.15, -0.1) is 4.98 Å². The number of nitrogens with zero attached hydrogens (tertiary/aromatic N) is 3. The first-order chi connectivity index (χ1) is 9.99. The minimum Gasteiger partial charge on any atom is -0.461 e. The van der Waals surface area contributed by atoms with Crippen molar-refractivity contribution in [2.24, 2.45) is 0 Å². The number of aryl methyl sites for hydroxylation is 1. The zero-order valence-corrected chi connectivity index (χ0v) is 12.3. The van der Waals surface area contributed by atoms with E-state index in [0.29, 0.717) is 5.56 Å². The Morgan fingerprint density at radius 3 is 2.52 bits per heavy atom. The molecule has 0 aliphatic carbocycles. The van der Waals surface area contributed by atoms with Gasteiger partial charge in [-0.05, 0) is 32.4 Å². The van der Waals surface area contributed by atoms with Crippen molar-refractivity contribution >= 4 is 5.95 Å². The Labute approximate surface area is 122 Å². The van der Waals surface area contributed by atoms with Crippen LogP contribution in [0.15, 0.2) is 18.2 Å². The van der Waals surface area contributed by atoms with Crippen molar-refractivity contribution < 1.29 is 13.9 Å². The molecular formula is C14H17FN4O2. The highest BCUT2D eigenvalue weighted by atomic mass is 19.1. The van der Waals surface area contributed by atoms with Crippen molar-refractivity contribution in [1.29, 1.82) is 0 Å². The number of nitrogens with one attached hydrogen (secondary N) is 1. The number of aromatic nitrogens is 3. The monoisotopic (exact) mass is 292 g/mol. The number of hydrogen-bond donors (Lipinski definition) is 1. The summed E-state index contributed by atoms with van der Waals surface area (Å²) in [5, 5.41) is 2.78. The molecule has 1 aromatic heterocycles. The van der Waals surface area contributed by atoms with Crippen molar-refractivity contribution in [1.82, 2.24) is 15.0 Å². The van der Waals surface area contributed by atoms with Gasteiger partial charge in [-0.1, -0.05) is 12.1 Å². The number of anilines is 1. The van der Waals surface area contributed by atoms with Gasteiger partial charge in [0.05, 0.1) is 6.10 Å². The van der Waals surface area contributed by atoms with Crippen LogP contribution in [0.1, 0.15) is 19.4 Å². The SMILES string of the molecule is CNc1nc(Oc2cccc(C)c2F)nc(OC(C)C)n1. The standard InChI is InChI=1S/C14H17FN4O2/c1-8(2)20-13-17-12(16-4)18-14(19-13)21-10-7-5-6-9(3)11(10)15/h5-8H,1-4H3,(H,16,17,18,19). The van der Waals surface area contributed by atoms with Crippen LogP contribution in [0.3, 0.4) is 0 Å². The molecule has 0 amide bonds. The average molecular weight is 292 g/mol. The van der Waals surface area contributed by atoms with Gasteiger partial charge in [0.25, 0.3) is 0 Å². The predicted octanol–water partition coefficient (Wildman–Crippen LogP) is 2.94. The van der Waals surface area contributed by atoms with E-state index in [2.05, 4.69) is 20.3 Å². The molecule has 1 N–H and O–H groups in total. The van der Waals surface area contributed by atoms with E-state index in [1.54, 1.807) is 26.1 Å². The molecule has 0 atom stereocenters. The first-order valence-corrected chi connectivity index (χ1v) is 6.53. The van der Waals surface area contributed by atoms with Gasteiger partial charge < -0.3 is 14.8 Å². The lowest BCUT2D eigenvalue weighted by atomic mass is 10.2. The molecule has 6 nitrogen and oxygen atoms in total. The second-order valence-electron chi connectivity index (χ2n) is 4.63. The van der Waals surface area contributed by atoms with Gasteiger partial charge in [0.1, 0.15) is 0 Å². The van der Waals surface area contributed by atoms with Crippen LogP contribution in [0, 0.1) is 12.7 Å². The van der Waals surface area contributed by atoms with E-state index in [4.69, 9.17) is 9.47 Å². The lowest BCUT2D eigenvalue weighted by Gasteiger charge is -2.11. The van der Waals surface area contributed by atoms with Gasteiger partial charge in [-0.2, -0.15) is 9.97 Å². The molecule has 0 unspecified atom stereocenters. The Hall–Kier alpha value is -2.44. The van der Waals surface area contributed by atoms with Crippen LogP contribution in [0.5, 0.6) is 17.8 Å². The first kappa shape index (κ1) is 15.0. The highest BCUT2D eigenvalue weighted by Gasteiger charge is 2.13. The van der Waals surface area contributed by atoms with Crippen molar-refractivity contribution in [2.75, 3.05) is 12.4 Å². The van der Waals surface area contributed by atoms with E-state index in [9.17, 15) is 4.39 Å². The third-order valence-electron chi connectivity index (χ3n) is 2.52. The number of halogens is 1. The molecule has 0 aliphatic rings. The van der Waals surface area contributed by atoms with Crippen molar-refractivity contribution in [3.8, 4) is 17.8 Å². The fraction of sp³-hybridized carbons (Fsp3) is 0.357. The number of hydrogen-bond acceptors (Lipinski definition) is 6. The first-order valence-electron chi connectivity index (χ1n) is 6.53. The number of ether oxygens (including phenoxy) is 2. The van der Waals surface area contributed by atoms with Gasteiger partial charge in [0.2, 0.25) is 5.95 Å². The fourth-order valence-electron chi connectivity index (χ4n) is 1.56. The van der Waals surface area contributed by atoms with Gasteiger partial charge in [0.15, 0.2) is 11.6 Å². The van der Waals surface area contributed by atoms with Crippen LogP contribution in [0.4, 0.5) is 10.3 Å². The summed E-state index contributed by atoms with van der Waals surface area (Å²) < 4.78 is 24.7. The summed E-state index contributed by atoms with van der Waals surface area (Å²) in [6, 6.07) is 4.94. The molecule has 0 saturated carbocycles. The van der Waals surface area contributed by atoms with E-state index < -0.39 is 5.82 Å². The normalized spacial score (nSPS) is 10.6. The molecule has 0 spiro atoms. The smallest absolute Gasteiger partial charge is 0.330 e. The number of rotatable bonds is 5. The molecule has 2 rings (SSSR count). The maximum atomic E-state index is 13.9. The third-order valence-corrected chi connectivity index (χ3v) is 2.52. The lowest BCUT2D eigenvalue weighted by molar-refractivity contribution is 0.218. The van der Waals surface area contributed by atoms with Crippen LogP contribution in [-0.4, -0.2) is 28.1 Å². The maximum absolute atomic E-state index is 13.9.